The highest BCUT2D eigenvalue weighted by Crippen LogP contribution is 2.38. The second-order valence-corrected chi connectivity index (χ2v) is 8.11. The van der Waals surface area contributed by atoms with Crippen LogP contribution in [0.4, 0.5) is 18.0 Å². The quantitative estimate of drug-likeness (QED) is 0.634. The van der Waals surface area contributed by atoms with E-state index in [0.717, 1.165) is 27.6 Å². The fraction of sp³-hybridized carbons (Fsp3) is 0.300. The van der Waals surface area contributed by atoms with Gasteiger partial charge in [0.15, 0.2) is 5.69 Å². The van der Waals surface area contributed by atoms with Crippen molar-refractivity contribution in [1.82, 2.24) is 24.6 Å². The molecule has 0 aliphatic carbocycles. The number of carboxylic acids is 1. The summed E-state index contributed by atoms with van der Waals surface area (Å²) in [4.78, 5) is 31.1. The van der Waals surface area contributed by atoms with E-state index >= 15 is 0 Å². The zero-order chi connectivity index (χ0) is 22.9. The molecule has 3 heterocycles. The zero-order valence-corrected chi connectivity index (χ0v) is 17.4. The smallest absolute Gasteiger partial charge is 0.417 e. The predicted octanol–water partition coefficient (Wildman–Crippen LogP) is 3.51. The number of hydrogen-bond acceptors (Lipinski definition) is 6. The summed E-state index contributed by atoms with van der Waals surface area (Å²) in [5, 5.41) is 14.6. The van der Waals surface area contributed by atoms with Crippen LogP contribution in [0.3, 0.4) is 0 Å². The fourth-order valence-electron chi connectivity index (χ4n) is 3.52. The number of carbonyl (C=O) groups is 2. The monoisotopic (exact) mass is 465 g/mol. The number of thiazole rings is 1. The first-order valence-corrected chi connectivity index (χ1v) is 10.5. The van der Waals surface area contributed by atoms with Crippen LogP contribution in [-0.4, -0.2) is 67.9 Å². The molecule has 1 saturated heterocycles. The van der Waals surface area contributed by atoms with Gasteiger partial charge >= 0.3 is 18.2 Å². The molecular weight excluding hydrogens is 447 g/mol. The highest BCUT2D eigenvalue weighted by molar-refractivity contribution is 7.13. The summed E-state index contributed by atoms with van der Waals surface area (Å²) in [7, 11) is 0. The van der Waals surface area contributed by atoms with Gasteiger partial charge in [0, 0.05) is 56.1 Å². The average Bonchev–Trinajstić information content (AvgIpc) is 3.45. The number of carboxylic acid groups (broad SMARTS) is 1. The highest BCUT2D eigenvalue weighted by atomic mass is 32.1. The summed E-state index contributed by atoms with van der Waals surface area (Å²) in [5.74, 6) is -1.21. The Morgan fingerprint density at radius 1 is 1.12 bits per heavy atom. The highest BCUT2D eigenvalue weighted by Gasteiger charge is 2.34. The van der Waals surface area contributed by atoms with Crippen molar-refractivity contribution in [2.45, 2.75) is 12.7 Å². The minimum Gasteiger partial charge on any atom is -0.476 e. The zero-order valence-electron chi connectivity index (χ0n) is 16.6. The van der Waals surface area contributed by atoms with E-state index in [2.05, 4.69) is 10.1 Å². The van der Waals surface area contributed by atoms with E-state index in [1.807, 2.05) is 4.90 Å². The largest absolute Gasteiger partial charge is 0.476 e. The van der Waals surface area contributed by atoms with E-state index in [-0.39, 0.29) is 11.3 Å². The van der Waals surface area contributed by atoms with Gasteiger partial charge in [-0.15, -0.1) is 11.3 Å². The Balaban J connectivity index is 1.42. The van der Waals surface area contributed by atoms with Crippen LogP contribution in [0.15, 0.2) is 42.0 Å². The lowest BCUT2D eigenvalue weighted by atomic mass is 10.0. The lowest BCUT2D eigenvalue weighted by Crippen LogP contribution is -2.49. The van der Waals surface area contributed by atoms with Gasteiger partial charge in [-0.3, -0.25) is 4.90 Å². The Hall–Kier alpha value is -3.25. The lowest BCUT2D eigenvalue weighted by Gasteiger charge is -2.34. The van der Waals surface area contributed by atoms with Gasteiger partial charge in [0.05, 0.1) is 5.56 Å². The molecule has 1 aromatic carbocycles. The molecule has 168 valence electrons. The molecule has 1 aliphatic rings. The minimum atomic E-state index is -4.47. The molecule has 4 rings (SSSR count). The SMILES string of the molecule is O=C(O)c1ccn(C(=O)N2CCN(Cc3ccc(C(F)(F)F)c(-c4nccs4)c3)CC2)n1. The van der Waals surface area contributed by atoms with Gasteiger partial charge < -0.3 is 10.0 Å². The van der Waals surface area contributed by atoms with Crippen molar-refractivity contribution >= 4 is 23.3 Å². The molecule has 0 bridgehead atoms. The van der Waals surface area contributed by atoms with Crippen LogP contribution in [0.5, 0.6) is 0 Å². The molecule has 0 saturated carbocycles. The molecule has 32 heavy (non-hydrogen) atoms. The van der Waals surface area contributed by atoms with Crippen LogP contribution >= 0.6 is 11.3 Å². The van der Waals surface area contributed by atoms with E-state index in [9.17, 15) is 22.8 Å². The molecule has 2 aromatic heterocycles. The molecule has 0 spiro atoms. The Morgan fingerprint density at radius 2 is 1.88 bits per heavy atom. The second-order valence-electron chi connectivity index (χ2n) is 7.21. The van der Waals surface area contributed by atoms with Gasteiger partial charge in [-0.2, -0.15) is 23.0 Å². The summed E-state index contributed by atoms with van der Waals surface area (Å²) < 4.78 is 41.3. The number of aromatic carboxylic acids is 1. The maximum atomic E-state index is 13.4. The number of benzene rings is 1. The Labute approximate surface area is 184 Å². The van der Waals surface area contributed by atoms with Gasteiger partial charge in [-0.25, -0.2) is 14.6 Å². The van der Waals surface area contributed by atoms with Crippen molar-refractivity contribution in [3.8, 4) is 10.6 Å². The number of amides is 1. The number of nitrogens with zero attached hydrogens (tertiary/aromatic N) is 5. The first-order chi connectivity index (χ1) is 15.2. The maximum absolute atomic E-state index is 13.4. The predicted molar refractivity (Wildman–Crippen MR) is 109 cm³/mol. The van der Waals surface area contributed by atoms with Crippen molar-refractivity contribution in [3.05, 3.63) is 58.9 Å². The van der Waals surface area contributed by atoms with Crippen LogP contribution in [0.25, 0.3) is 10.6 Å². The molecule has 1 fully saturated rings. The van der Waals surface area contributed by atoms with E-state index in [1.165, 1.54) is 30.6 Å². The Kier molecular flexibility index (Phi) is 5.98. The van der Waals surface area contributed by atoms with Crippen LogP contribution in [-0.2, 0) is 12.7 Å². The van der Waals surface area contributed by atoms with Crippen molar-refractivity contribution < 1.29 is 27.9 Å². The number of carbonyl (C=O) groups excluding carboxylic acids is 1. The molecule has 1 N–H and O–H groups in total. The summed E-state index contributed by atoms with van der Waals surface area (Å²) in [6, 6.07) is 4.91. The van der Waals surface area contributed by atoms with Gasteiger partial charge in [-0.05, 0) is 23.8 Å². The van der Waals surface area contributed by atoms with Crippen LogP contribution in [0.2, 0.25) is 0 Å². The van der Waals surface area contributed by atoms with E-state index in [1.54, 1.807) is 10.3 Å². The van der Waals surface area contributed by atoms with Crippen LogP contribution < -0.4 is 0 Å². The lowest BCUT2D eigenvalue weighted by molar-refractivity contribution is -0.137. The fourth-order valence-corrected chi connectivity index (χ4v) is 4.18. The maximum Gasteiger partial charge on any atom is 0.417 e. The molecule has 1 amide bonds. The van der Waals surface area contributed by atoms with Crippen molar-refractivity contribution in [1.29, 1.82) is 0 Å². The second kappa shape index (κ2) is 8.71. The third kappa shape index (κ3) is 4.65. The molecule has 1 aliphatic heterocycles. The first-order valence-electron chi connectivity index (χ1n) is 9.63. The standard InChI is InChI=1S/C20H18F3N5O3S/c21-20(22,23)15-2-1-13(11-14(15)17-24-4-10-32-17)12-26-6-8-27(9-7-26)19(31)28-5-3-16(25-28)18(29)30/h1-5,10-11H,6-9,12H2,(H,29,30). The number of rotatable bonds is 4. The molecule has 0 unspecified atom stereocenters. The van der Waals surface area contributed by atoms with Gasteiger partial charge in [0.1, 0.15) is 5.01 Å². The molecule has 12 heteroatoms. The van der Waals surface area contributed by atoms with Crippen molar-refractivity contribution in [2.75, 3.05) is 26.2 Å². The van der Waals surface area contributed by atoms with E-state index < -0.39 is 23.7 Å². The number of aromatic nitrogens is 3. The minimum absolute atomic E-state index is 0.0618. The third-order valence-electron chi connectivity index (χ3n) is 5.11. The van der Waals surface area contributed by atoms with Gasteiger partial charge in [0.25, 0.3) is 0 Å². The number of piperazine rings is 1. The normalized spacial score (nSPS) is 15.2. The van der Waals surface area contributed by atoms with Gasteiger partial charge in [0.2, 0.25) is 0 Å². The van der Waals surface area contributed by atoms with Crippen molar-refractivity contribution in [2.24, 2.45) is 0 Å². The van der Waals surface area contributed by atoms with Crippen LogP contribution in [0.1, 0.15) is 21.6 Å². The van der Waals surface area contributed by atoms with Crippen molar-refractivity contribution in [3.63, 3.8) is 0 Å². The number of hydrogen-bond donors (Lipinski definition) is 1. The molecule has 8 nitrogen and oxygen atoms in total. The third-order valence-corrected chi connectivity index (χ3v) is 5.91. The molecule has 0 atom stereocenters. The summed E-state index contributed by atoms with van der Waals surface area (Å²) in [5.41, 5.74) is -0.144. The topological polar surface area (TPSA) is 91.6 Å². The molecule has 0 radical (unpaired) electrons. The molecular formula is C20H18F3N5O3S. The number of alkyl halides is 3. The first kappa shape index (κ1) is 22.0. The Morgan fingerprint density at radius 3 is 2.47 bits per heavy atom. The van der Waals surface area contributed by atoms with E-state index in [4.69, 9.17) is 5.11 Å². The van der Waals surface area contributed by atoms with Crippen LogP contribution in [0, 0.1) is 0 Å². The van der Waals surface area contributed by atoms with Gasteiger partial charge in [-0.1, -0.05) is 6.07 Å². The number of halogens is 3. The summed E-state index contributed by atoms with van der Waals surface area (Å²) >= 11 is 1.15. The summed E-state index contributed by atoms with van der Waals surface area (Å²) in [6.45, 7) is 2.25. The average molecular weight is 465 g/mol. The summed E-state index contributed by atoms with van der Waals surface area (Å²) in [6.07, 6.45) is -1.69. The van der Waals surface area contributed by atoms with E-state index in [0.29, 0.717) is 37.7 Å². The molecule has 3 aromatic rings. The Bertz CT molecular complexity index is 1120.